The minimum atomic E-state index is -1.33. The van der Waals surface area contributed by atoms with Gasteiger partial charge in [0.05, 0.1) is 18.9 Å². The Morgan fingerprint density at radius 1 is 1.20 bits per heavy atom. The lowest BCUT2D eigenvalue weighted by Gasteiger charge is -2.33. The predicted octanol–water partition coefficient (Wildman–Crippen LogP) is -0.286. The standard InChI is InChI=1S/C21H32N4O5/c1-2-9-23-18(26)13-17(21(29)30)24-20(28)16-4-3-12-25(14-16)19(27)6-5-15-7-10-22-11-8-15/h1,15-17,22H,3-14H2,(H,23,26)(H,24,28)(H,29,30)/t16-,17+/m1/s1. The van der Waals surface area contributed by atoms with Crippen LogP contribution in [0.5, 0.6) is 0 Å². The fraction of sp³-hybridized carbons (Fsp3) is 0.714. The molecule has 0 bridgehead atoms. The van der Waals surface area contributed by atoms with Crippen molar-refractivity contribution < 1.29 is 24.3 Å². The maximum absolute atomic E-state index is 12.6. The van der Waals surface area contributed by atoms with Gasteiger partial charge in [0.1, 0.15) is 6.04 Å². The van der Waals surface area contributed by atoms with Crippen molar-refractivity contribution in [3.05, 3.63) is 0 Å². The molecule has 166 valence electrons. The van der Waals surface area contributed by atoms with Gasteiger partial charge < -0.3 is 26.0 Å². The average Bonchev–Trinajstić information content (AvgIpc) is 2.76. The van der Waals surface area contributed by atoms with Crippen LogP contribution in [0, 0.1) is 24.2 Å². The number of carbonyl (C=O) groups excluding carboxylic acids is 3. The zero-order valence-electron chi connectivity index (χ0n) is 17.3. The Morgan fingerprint density at radius 3 is 2.60 bits per heavy atom. The van der Waals surface area contributed by atoms with Crippen LogP contribution >= 0.6 is 0 Å². The third-order valence-electron chi connectivity index (χ3n) is 5.76. The number of nitrogens with one attached hydrogen (secondary N) is 3. The molecule has 0 aromatic rings. The van der Waals surface area contributed by atoms with Gasteiger partial charge in [-0.1, -0.05) is 5.92 Å². The number of rotatable bonds is 9. The number of nitrogens with zero attached hydrogens (tertiary/aromatic N) is 1. The lowest BCUT2D eigenvalue weighted by atomic mass is 9.92. The van der Waals surface area contributed by atoms with Crippen molar-refractivity contribution in [3.63, 3.8) is 0 Å². The van der Waals surface area contributed by atoms with E-state index in [1.54, 1.807) is 4.90 Å². The van der Waals surface area contributed by atoms with Crippen LogP contribution in [0.1, 0.15) is 44.9 Å². The molecular formula is C21H32N4O5. The van der Waals surface area contributed by atoms with Crippen LogP contribution in [-0.4, -0.2) is 72.5 Å². The minimum Gasteiger partial charge on any atom is -0.480 e. The average molecular weight is 421 g/mol. The van der Waals surface area contributed by atoms with Gasteiger partial charge in [-0.2, -0.15) is 0 Å². The molecule has 0 aliphatic carbocycles. The maximum atomic E-state index is 12.6. The van der Waals surface area contributed by atoms with Crippen LogP contribution in [0.3, 0.4) is 0 Å². The van der Waals surface area contributed by atoms with E-state index in [1.165, 1.54) is 0 Å². The second-order valence-corrected chi connectivity index (χ2v) is 8.00. The molecule has 0 radical (unpaired) electrons. The number of amides is 3. The van der Waals surface area contributed by atoms with Gasteiger partial charge in [-0.25, -0.2) is 4.79 Å². The summed E-state index contributed by atoms with van der Waals surface area (Å²) in [4.78, 5) is 50.1. The van der Waals surface area contributed by atoms with E-state index in [2.05, 4.69) is 21.9 Å². The second-order valence-electron chi connectivity index (χ2n) is 8.00. The third-order valence-corrected chi connectivity index (χ3v) is 5.76. The number of carboxylic acid groups (broad SMARTS) is 1. The first-order valence-corrected chi connectivity index (χ1v) is 10.6. The largest absolute Gasteiger partial charge is 0.480 e. The molecule has 0 spiro atoms. The lowest BCUT2D eigenvalue weighted by molar-refractivity contribution is -0.145. The van der Waals surface area contributed by atoms with E-state index in [-0.39, 0.29) is 19.0 Å². The SMILES string of the molecule is C#CCNC(=O)C[C@H](NC(=O)[C@@H]1CCCN(C(=O)CCC2CCNCC2)C1)C(=O)O. The summed E-state index contributed by atoms with van der Waals surface area (Å²) in [6, 6.07) is -1.33. The van der Waals surface area contributed by atoms with Gasteiger partial charge in [0.15, 0.2) is 0 Å². The summed E-state index contributed by atoms with van der Waals surface area (Å²) in [5.74, 6) is 0.103. The normalized spacial score (nSPS) is 20.6. The van der Waals surface area contributed by atoms with E-state index >= 15 is 0 Å². The Balaban J connectivity index is 1.82. The molecule has 9 nitrogen and oxygen atoms in total. The molecule has 2 heterocycles. The fourth-order valence-corrected chi connectivity index (χ4v) is 3.97. The summed E-state index contributed by atoms with van der Waals surface area (Å²) in [5.41, 5.74) is 0. The van der Waals surface area contributed by atoms with Crippen molar-refractivity contribution in [2.45, 2.75) is 51.0 Å². The van der Waals surface area contributed by atoms with Crippen molar-refractivity contribution in [3.8, 4) is 12.3 Å². The highest BCUT2D eigenvalue weighted by atomic mass is 16.4. The van der Waals surface area contributed by atoms with Gasteiger partial charge in [-0.15, -0.1) is 6.42 Å². The topological polar surface area (TPSA) is 128 Å². The first-order valence-electron chi connectivity index (χ1n) is 10.6. The third kappa shape index (κ3) is 7.67. The number of hydrogen-bond acceptors (Lipinski definition) is 5. The summed E-state index contributed by atoms with van der Waals surface area (Å²) in [5, 5.41) is 17.5. The van der Waals surface area contributed by atoms with E-state index in [0.29, 0.717) is 31.7 Å². The molecule has 0 aromatic heterocycles. The van der Waals surface area contributed by atoms with E-state index < -0.39 is 36.2 Å². The van der Waals surface area contributed by atoms with Crippen LogP contribution in [0.15, 0.2) is 0 Å². The number of terminal acetylenes is 1. The Hall–Kier alpha value is -2.60. The van der Waals surface area contributed by atoms with Crippen molar-refractivity contribution in [2.75, 3.05) is 32.7 Å². The monoisotopic (exact) mass is 420 g/mol. The van der Waals surface area contributed by atoms with E-state index in [4.69, 9.17) is 6.42 Å². The Labute approximate surface area is 177 Å². The summed E-state index contributed by atoms with van der Waals surface area (Å²) in [6.45, 7) is 2.89. The van der Waals surface area contributed by atoms with Crippen molar-refractivity contribution in [1.29, 1.82) is 0 Å². The fourth-order valence-electron chi connectivity index (χ4n) is 3.97. The molecule has 3 amide bonds. The highest BCUT2D eigenvalue weighted by molar-refractivity contribution is 5.89. The van der Waals surface area contributed by atoms with Gasteiger partial charge in [-0.3, -0.25) is 14.4 Å². The first kappa shape index (κ1) is 23.7. The van der Waals surface area contributed by atoms with Crippen LogP contribution < -0.4 is 16.0 Å². The van der Waals surface area contributed by atoms with Crippen LogP contribution in [0.4, 0.5) is 0 Å². The molecule has 2 fully saturated rings. The quantitative estimate of drug-likeness (QED) is 0.380. The predicted molar refractivity (Wildman–Crippen MR) is 110 cm³/mol. The number of hydrogen-bond donors (Lipinski definition) is 4. The summed E-state index contributed by atoms with van der Waals surface area (Å²) in [7, 11) is 0. The van der Waals surface area contributed by atoms with Gasteiger partial charge in [-0.05, 0) is 51.1 Å². The molecule has 9 heteroatoms. The smallest absolute Gasteiger partial charge is 0.326 e. The van der Waals surface area contributed by atoms with E-state index in [0.717, 1.165) is 32.4 Å². The molecule has 2 saturated heterocycles. The van der Waals surface area contributed by atoms with E-state index in [9.17, 15) is 24.3 Å². The Kier molecular flexibility index (Phi) is 9.61. The van der Waals surface area contributed by atoms with Gasteiger partial charge in [0.25, 0.3) is 0 Å². The summed E-state index contributed by atoms with van der Waals surface area (Å²) < 4.78 is 0. The molecule has 2 rings (SSSR count). The molecule has 2 atom stereocenters. The lowest BCUT2D eigenvalue weighted by Crippen LogP contribution is -2.50. The Bertz CT molecular complexity index is 669. The van der Waals surface area contributed by atoms with Crippen molar-refractivity contribution in [1.82, 2.24) is 20.9 Å². The zero-order chi connectivity index (χ0) is 21.9. The molecule has 0 saturated carbocycles. The number of carboxylic acids is 1. The van der Waals surface area contributed by atoms with Gasteiger partial charge in [0, 0.05) is 19.5 Å². The zero-order valence-corrected chi connectivity index (χ0v) is 17.3. The number of carbonyl (C=O) groups is 4. The molecule has 2 aliphatic heterocycles. The van der Waals surface area contributed by atoms with Crippen LogP contribution in [0.2, 0.25) is 0 Å². The van der Waals surface area contributed by atoms with Crippen molar-refractivity contribution >= 4 is 23.7 Å². The molecule has 0 aromatic carbocycles. The summed E-state index contributed by atoms with van der Waals surface area (Å²) in [6.07, 6.45) is 9.46. The minimum absolute atomic E-state index is 0.00379. The number of likely N-dealkylation sites (tertiary alicyclic amines) is 1. The molecule has 2 aliphatic rings. The number of aliphatic carboxylic acids is 1. The van der Waals surface area contributed by atoms with Gasteiger partial charge >= 0.3 is 5.97 Å². The highest BCUT2D eigenvalue weighted by Gasteiger charge is 2.31. The van der Waals surface area contributed by atoms with Crippen LogP contribution in [0.25, 0.3) is 0 Å². The second kappa shape index (κ2) is 12.2. The molecular weight excluding hydrogens is 388 g/mol. The molecule has 30 heavy (non-hydrogen) atoms. The van der Waals surface area contributed by atoms with Crippen LogP contribution in [-0.2, 0) is 19.2 Å². The highest BCUT2D eigenvalue weighted by Crippen LogP contribution is 2.21. The Morgan fingerprint density at radius 2 is 1.93 bits per heavy atom. The maximum Gasteiger partial charge on any atom is 0.326 e. The molecule has 0 unspecified atom stereocenters. The van der Waals surface area contributed by atoms with Gasteiger partial charge in [0.2, 0.25) is 17.7 Å². The van der Waals surface area contributed by atoms with E-state index in [1.807, 2.05) is 0 Å². The summed E-state index contributed by atoms with van der Waals surface area (Å²) >= 11 is 0. The first-order chi connectivity index (χ1) is 14.4. The molecule has 4 N–H and O–H groups in total. The number of piperidine rings is 2. The van der Waals surface area contributed by atoms with Crippen molar-refractivity contribution in [2.24, 2.45) is 11.8 Å².